The molecule has 0 atom stereocenters. The molecule has 3 aromatic rings. The molecule has 0 aromatic carbocycles. The number of aryl methyl sites for hydroxylation is 6. The normalized spacial score (nSPS) is 10.8. The van der Waals surface area contributed by atoms with Crippen molar-refractivity contribution >= 4 is 0 Å². The third kappa shape index (κ3) is 3.83. The van der Waals surface area contributed by atoms with Gasteiger partial charge in [-0.3, -0.25) is 0 Å². The Hall–Kier alpha value is -0.216. The molecule has 140 valence electrons. The maximum atomic E-state index is 4.43. The maximum absolute atomic E-state index is 4.43. The van der Waals surface area contributed by atoms with Crippen LogP contribution >= 0.6 is 0 Å². The molecule has 0 unspecified atom stereocenters. The molecule has 0 aliphatic carbocycles. The van der Waals surface area contributed by atoms with Gasteiger partial charge < -0.3 is 50.9 Å². The van der Waals surface area contributed by atoms with Gasteiger partial charge in [-0.05, 0) is 0 Å². The second-order valence-electron chi connectivity index (χ2n) is 6.18. The van der Waals surface area contributed by atoms with Gasteiger partial charge in [0.2, 0.25) is 0 Å². The molecule has 6 nitrogen and oxygen atoms in total. The van der Waals surface area contributed by atoms with Gasteiger partial charge in [-0.1, -0.05) is 0 Å². The van der Waals surface area contributed by atoms with Gasteiger partial charge in [-0.15, -0.1) is 0 Å². The van der Waals surface area contributed by atoms with E-state index in [1.54, 1.807) is 0 Å². The van der Waals surface area contributed by atoms with Gasteiger partial charge in [-0.2, -0.15) is 0 Å². The van der Waals surface area contributed by atoms with E-state index in [1.165, 1.54) is 16.7 Å². The van der Waals surface area contributed by atoms with Crippen LogP contribution in [0.1, 0.15) is 50.9 Å². The van der Waals surface area contributed by atoms with Crippen LogP contribution < -0.4 is 50.9 Å². The third-order valence-electron chi connectivity index (χ3n) is 4.51. The summed E-state index contributed by atoms with van der Waals surface area (Å²) in [6.45, 7) is 12.4. The zero-order valence-electron chi connectivity index (χ0n) is 15.5. The zero-order valence-corrected chi connectivity index (χ0v) is 21.8. The Balaban J connectivity index is 0.00000208. The van der Waals surface area contributed by atoms with E-state index in [1.807, 2.05) is 20.8 Å². The summed E-state index contributed by atoms with van der Waals surface area (Å²) in [4.78, 5) is 0. The number of rotatable bonds is 3. The van der Waals surface area contributed by atoms with Crippen LogP contribution in [0.5, 0.6) is 0 Å². The molecule has 0 radical (unpaired) electrons. The number of halogens is 3. The van der Waals surface area contributed by atoms with Crippen LogP contribution in [-0.2, 0) is 24.2 Å². The van der Waals surface area contributed by atoms with E-state index in [0.29, 0.717) is 0 Å². The SMILES string of the molecule is Cc1n[nH]c(C)c1[C]([Ti+3])(c1c(C)n[nH]c1C)c1c(C)n[nH]c1C.[Br-].[Br-].[Br-]. The van der Waals surface area contributed by atoms with E-state index in [-0.39, 0.29) is 54.7 Å². The van der Waals surface area contributed by atoms with Crippen LogP contribution in [-0.4, -0.2) is 30.6 Å². The Morgan fingerprint density at radius 2 is 0.808 bits per heavy atom. The molecule has 3 heterocycles. The molecule has 0 bridgehead atoms. The fourth-order valence-electron chi connectivity index (χ4n) is 3.69. The van der Waals surface area contributed by atoms with Crippen molar-refractivity contribution in [2.24, 2.45) is 0 Å². The molecular weight excluding hydrogens is 564 g/mol. The Kier molecular flexibility index (Phi) is 9.24. The first kappa shape index (κ1) is 25.8. The predicted octanol–water partition coefficient (Wildman–Crippen LogP) is -6.44. The molecule has 10 heteroatoms. The van der Waals surface area contributed by atoms with Crippen molar-refractivity contribution in [3.05, 3.63) is 50.9 Å². The van der Waals surface area contributed by atoms with Crippen molar-refractivity contribution in [1.29, 1.82) is 0 Å². The van der Waals surface area contributed by atoms with E-state index >= 15 is 0 Å². The van der Waals surface area contributed by atoms with Crippen molar-refractivity contribution < 1.29 is 71.4 Å². The minimum atomic E-state index is -0.372. The first-order chi connectivity index (χ1) is 10.8. The van der Waals surface area contributed by atoms with Gasteiger partial charge in [0.15, 0.2) is 0 Å². The Bertz CT molecular complexity index is 712. The summed E-state index contributed by atoms with van der Waals surface area (Å²) in [5, 5.41) is 22.7. The number of hydrogen-bond donors (Lipinski definition) is 3. The first-order valence-corrected chi connectivity index (χ1v) is 8.37. The van der Waals surface area contributed by atoms with Crippen molar-refractivity contribution in [2.45, 2.75) is 45.3 Å². The molecule has 26 heavy (non-hydrogen) atoms. The average molecular weight is 585 g/mol. The van der Waals surface area contributed by atoms with Crippen LogP contribution in [0.25, 0.3) is 0 Å². The summed E-state index contributed by atoms with van der Waals surface area (Å²) in [5.74, 6) is 0. The average Bonchev–Trinajstić information content (AvgIpc) is 3.10. The molecule has 0 spiro atoms. The number of H-pyrrole nitrogens is 3. The van der Waals surface area contributed by atoms with E-state index < -0.39 is 0 Å². The van der Waals surface area contributed by atoms with Crippen LogP contribution in [0.4, 0.5) is 0 Å². The molecule has 0 saturated heterocycles. The zero-order chi connectivity index (χ0) is 16.9. The van der Waals surface area contributed by atoms with Gasteiger partial charge in [-0.25, -0.2) is 0 Å². The first-order valence-electron chi connectivity index (χ1n) is 7.59. The molecule has 0 amide bonds. The van der Waals surface area contributed by atoms with Crippen LogP contribution in [0.2, 0.25) is 0 Å². The number of hydrogen-bond acceptors (Lipinski definition) is 3. The Morgan fingerprint density at radius 1 is 0.577 bits per heavy atom. The van der Waals surface area contributed by atoms with E-state index in [4.69, 9.17) is 0 Å². The minimum absolute atomic E-state index is 0. The molecule has 0 fully saturated rings. The summed E-state index contributed by atoms with van der Waals surface area (Å²) >= 11 is 2.24. The Labute approximate surface area is 196 Å². The molecular formula is C16H21Br3N6Ti. The van der Waals surface area contributed by atoms with E-state index in [0.717, 1.165) is 34.2 Å². The largest absolute Gasteiger partial charge is 1.00 e. The van der Waals surface area contributed by atoms with Gasteiger partial charge in [0.25, 0.3) is 0 Å². The summed E-state index contributed by atoms with van der Waals surface area (Å²) in [6.07, 6.45) is 0. The van der Waals surface area contributed by atoms with Crippen LogP contribution in [0, 0.1) is 41.5 Å². The van der Waals surface area contributed by atoms with Crippen molar-refractivity contribution in [3.8, 4) is 0 Å². The van der Waals surface area contributed by atoms with E-state index in [9.17, 15) is 0 Å². The molecule has 0 saturated carbocycles. The molecule has 0 aliphatic rings. The minimum Gasteiger partial charge on any atom is -1.00 e. The number of nitrogens with one attached hydrogen (secondary N) is 3. The summed E-state index contributed by atoms with van der Waals surface area (Å²) in [6, 6.07) is 0. The van der Waals surface area contributed by atoms with Gasteiger partial charge >= 0.3 is 147 Å². The Morgan fingerprint density at radius 3 is 0.962 bits per heavy atom. The second-order valence-corrected chi connectivity index (χ2v) is 7.35. The smallest absolute Gasteiger partial charge is 1.00 e. The van der Waals surface area contributed by atoms with Gasteiger partial charge in [0.1, 0.15) is 0 Å². The number of aromatic nitrogens is 6. The van der Waals surface area contributed by atoms with Crippen molar-refractivity contribution in [1.82, 2.24) is 30.6 Å². The fourth-order valence-corrected chi connectivity index (χ4v) is 5.41. The third-order valence-corrected chi connectivity index (χ3v) is 5.68. The number of nitrogens with zero attached hydrogens (tertiary/aromatic N) is 3. The van der Waals surface area contributed by atoms with E-state index in [2.05, 4.69) is 71.8 Å². The van der Waals surface area contributed by atoms with Crippen molar-refractivity contribution in [2.75, 3.05) is 0 Å². The summed E-state index contributed by atoms with van der Waals surface area (Å²) in [7, 11) is 0. The monoisotopic (exact) mass is 582 g/mol. The van der Waals surface area contributed by atoms with Crippen LogP contribution in [0.3, 0.4) is 0 Å². The molecule has 3 aromatic heterocycles. The molecule has 0 aliphatic heterocycles. The van der Waals surface area contributed by atoms with Gasteiger partial charge in [0, 0.05) is 0 Å². The fraction of sp³-hybridized carbons (Fsp3) is 0.438. The maximum Gasteiger partial charge on any atom is -1.00 e. The summed E-state index contributed by atoms with van der Waals surface area (Å²) < 4.78 is -0.372. The molecule has 3 N–H and O–H groups in total. The topological polar surface area (TPSA) is 86.0 Å². The van der Waals surface area contributed by atoms with Crippen LogP contribution in [0.15, 0.2) is 0 Å². The van der Waals surface area contributed by atoms with Crippen molar-refractivity contribution in [3.63, 3.8) is 0 Å². The number of aromatic amines is 3. The van der Waals surface area contributed by atoms with Gasteiger partial charge in [0.05, 0.1) is 0 Å². The second kappa shape index (κ2) is 9.32. The molecule has 3 rings (SSSR count). The standard InChI is InChI=1S/C16H21N6.3BrH.Ti/c1-7-13(8(2)18-17-7)16(14-9(3)19-20-10(14)4)15-11(5)21-22-12(15)6;;;;/h1-6H3,(H,17,18)(H,19,20)(H,21,22);3*1H;/q;;;;+3/p-3. The quantitative estimate of drug-likeness (QED) is 0.268. The predicted molar refractivity (Wildman–Crippen MR) is 84.1 cm³/mol. The summed E-state index contributed by atoms with van der Waals surface area (Å²) in [5.41, 5.74) is 9.81.